The number of nitrogens with zero attached hydrogens (tertiary/aromatic N) is 5. The highest BCUT2D eigenvalue weighted by molar-refractivity contribution is 7.13. The molecule has 0 fully saturated rings. The van der Waals surface area contributed by atoms with Crippen LogP contribution in [-0.4, -0.2) is 50.0 Å². The Labute approximate surface area is 177 Å². The zero-order valence-corrected chi connectivity index (χ0v) is 18.1. The van der Waals surface area contributed by atoms with Gasteiger partial charge in [0.05, 0.1) is 18.0 Å². The predicted molar refractivity (Wildman–Crippen MR) is 113 cm³/mol. The molecule has 3 heterocycles. The fraction of sp³-hybridized carbons (Fsp3) is 0.421. The summed E-state index contributed by atoms with van der Waals surface area (Å²) < 4.78 is 0. The molecule has 0 radical (unpaired) electrons. The summed E-state index contributed by atoms with van der Waals surface area (Å²) in [5.74, 6) is 0.605. The van der Waals surface area contributed by atoms with E-state index in [2.05, 4.69) is 34.6 Å². The molecule has 0 aliphatic rings. The summed E-state index contributed by atoms with van der Waals surface area (Å²) >= 11 is 3.06. The van der Waals surface area contributed by atoms with Gasteiger partial charge >= 0.3 is 0 Å². The van der Waals surface area contributed by atoms with Gasteiger partial charge in [-0.15, -0.1) is 32.9 Å². The molecule has 29 heavy (non-hydrogen) atoms. The van der Waals surface area contributed by atoms with Crippen LogP contribution >= 0.6 is 22.7 Å². The second-order valence-corrected chi connectivity index (χ2v) is 8.96. The first kappa shape index (κ1) is 21.1. The molecule has 0 saturated heterocycles. The molecule has 3 rings (SSSR count). The molecule has 2 amide bonds. The number of hydrogen-bond donors (Lipinski definition) is 1. The Balaban J connectivity index is 1.63. The van der Waals surface area contributed by atoms with Crippen LogP contribution in [0, 0.1) is 5.92 Å². The van der Waals surface area contributed by atoms with Crippen molar-refractivity contribution in [1.82, 2.24) is 30.4 Å². The molecule has 3 aromatic heterocycles. The molecule has 3 aromatic rings. The maximum absolute atomic E-state index is 12.9. The summed E-state index contributed by atoms with van der Waals surface area (Å²) in [6.07, 6.45) is 0.902. The van der Waals surface area contributed by atoms with E-state index in [9.17, 15) is 9.59 Å². The molecule has 0 aliphatic heterocycles. The lowest BCUT2D eigenvalue weighted by Gasteiger charge is -2.21. The average molecular weight is 433 g/mol. The van der Waals surface area contributed by atoms with E-state index < -0.39 is 0 Å². The molecule has 0 aromatic carbocycles. The monoisotopic (exact) mass is 432 g/mol. The number of amides is 2. The van der Waals surface area contributed by atoms with Crippen molar-refractivity contribution in [1.29, 1.82) is 0 Å². The van der Waals surface area contributed by atoms with Crippen LogP contribution in [0.1, 0.15) is 25.1 Å². The van der Waals surface area contributed by atoms with Crippen molar-refractivity contribution in [2.45, 2.75) is 33.4 Å². The fourth-order valence-electron chi connectivity index (χ4n) is 2.59. The maximum Gasteiger partial charge on any atom is 0.247 e. The van der Waals surface area contributed by atoms with E-state index in [4.69, 9.17) is 0 Å². The van der Waals surface area contributed by atoms with Gasteiger partial charge in [0.25, 0.3) is 0 Å². The Kier molecular flexibility index (Phi) is 7.48. The van der Waals surface area contributed by atoms with Crippen molar-refractivity contribution in [2.24, 2.45) is 5.92 Å². The number of thiophene rings is 2. The predicted octanol–water partition coefficient (Wildman–Crippen LogP) is 2.65. The fourth-order valence-corrected chi connectivity index (χ4v) is 3.96. The van der Waals surface area contributed by atoms with Crippen LogP contribution in [0.25, 0.3) is 10.7 Å². The lowest BCUT2D eigenvalue weighted by molar-refractivity contribution is -0.137. The van der Waals surface area contributed by atoms with Gasteiger partial charge in [0, 0.05) is 11.4 Å². The average Bonchev–Trinajstić information content (AvgIpc) is 3.43. The first-order chi connectivity index (χ1) is 14.0. The highest BCUT2D eigenvalue weighted by Gasteiger charge is 2.20. The Bertz CT molecular complexity index is 905. The van der Waals surface area contributed by atoms with E-state index in [-0.39, 0.29) is 24.9 Å². The SMILES string of the molecule is CC(C)CCNC(=O)CN(Cc1cccs1)C(=O)Cn1nnc(-c2cccs2)n1. The minimum atomic E-state index is -0.229. The summed E-state index contributed by atoms with van der Waals surface area (Å²) in [6.45, 7) is 5.12. The molecule has 1 N–H and O–H groups in total. The minimum Gasteiger partial charge on any atom is -0.355 e. The number of aromatic nitrogens is 4. The lowest BCUT2D eigenvalue weighted by Crippen LogP contribution is -2.42. The third kappa shape index (κ3) is 6.47. The first-order valence-corrected chi connectivity index (χ1v) is 11.2. The molecule has 0 atom stereocenters. The smallest absolute Gasteiger partial charge is 0.247 e. The molecule has 154 valence electrons. The van der Waals surface area contributed by atoms with Crippen LogP contribution in [0.15, 0.2) is 35.0 Å². The molecule has 0 saturated carbocycles. The van der Waals surface area contributed by atoms with Crippen molar-refractivity contribution in [3.05, 3.63) is 39.9 Å². The summed E-state index contributed by atoms with van der Waals surface area (Å²) in [5.41, 5.74) is 0. The van der Waals surface area contributed by atoms with Crippen molar-refractivity contribution in [3.63, 3.8) is 0 Å². The van der Waals surface area contributed by atoms with Crippen molar-refractivity contribution in [2.75, 3.05) is 13.1 Å². The Hall–Kier alpha value is -2.59. The van der Waals surface area contributed by atoms with Crippen molar-refractivity contribution >= 4 is 34.5 Å². The highest BCUT2D eigenvalue weighted by atomic mass is 32.1. The molecule has 0 unspecified atom stereocenters. The maximum atomic E-state index is 12.9. The van der Waals surface area contributed by atoms with Crippen LogP contribution in [-0.2, 0) is 22.7 Å². The second kappa shape index (κ2) is 10.3. The standard InChI is InChI=1S/C19H24N6O2S2/c1-14(2)7-8-20-17(26)12-24(11-15-5-3-9-28-15)18(27)13-25-22-19(21-23-25)16-6-4-10-29-16/h3-6,9-10,14H,7-8,11-13H2,1-2H3,(H,20,26). The lowest BCUT2D eigenvalue weighted by atomic mass is 10.1. The van der Waals surface area contributed by atoms with E-state index in [1.807, 2.05) is 35.0 Å². The summed E-state index contributed by atoms with van der Waals surface area (Å²) in [4.78, 5) is 29.9. The number of carbonyl (C=O) groups excluding carboxylic acids is 2. The molecule has 8 nitrogen and oxygen atoms in total. The van der Waals surface area contributed by atoms with E-state index >= 15 is 0 Å². The van der Waals surface area contributed by atoms with Gasteiger partial charge in [-0.1, -0.05) is 26.0 Å². The van der Waals surface area contributed by atoms with E-state index in [1.54, 1.807) is 11.3 Å². The van der Waals surface area contributed by atoms with Crippen LogP contribution in [0.5, 0.6) is 0 Å². The number of carbonyl (C=O) groups is 2. The van der Waals surface area contributed by atoms with Crippen LogP contribution < -0.4 is 5.32 Å². The number of nitrogens with one attached hydrogen (secondary N) is 1. The number of rotatable bonds is 10. The third-order valence-electron chi connectivity index (χ3n) is 4.13. The van der Waals surface area contributed by atoms with Gasteiger partial charge in [-0.25, -0.2) is 0 Å². The highest BCUT2D eigenvalue weighted by Crippen LogP contribution is 2.19. The third-order valence-corrected chi connectivity index (χ3v) is 5.86. The van der Waals surface area contributed by atoms with E-state index in [0.717, 1.165) is 16.2 Å². The van der Waals surface area contributed by atoms with Gasteiger partial charge in [0.2, 0.25) is 17.6 Å². The van der Waals surface area contributed by atoms with Gasteiger partial charge in [0.1, 0.15) is 6.54 Å². The number of tetrazole rings is 1. The van der Waals surface area contributed by atoms with Crippen molar-refractivity contribution < 1.29 is 9.59 Å². The van der Waals surface area contributed by atoms with Gasteiger partial charge in [-0.05, 0) is 40.4 Å². The summed E-state index contributed by atoms with van der Waals surface area (Å²) in [6, 6.07) is 7.69. The molecule has 0 bridgehead atoms. The molecule has 0 aliphatic carbocycles. The van der Waals surface area contributed by atoms with Gasteiger partial charge < -0.3 is 10.2 Å². The number of hydrogen-bond acceptors (Lipinski definition) is 7. The molecule has 0 spiro atoms. The van der Waals surface area contributed by atoms with Crippen LogP contribution in [0.4, 0.5) is 0 Å². The largest absolute Gasteiger partial charge is 0.355 e. The van der Waals surface area contributed by atoms with E-state index in [1.165, 1.54) is 21.0 Å². The van der Waals surface area contributed by atoms with Gasteiger partial charge in [0.15, 0.2) is 0 Å². The van der Waals surface area contributed by atoms with Crippen LogP contribution in [0.3, 0.4) is 0 Å². The quantitative estimate of drug-likeness (QED) is 0.532. The first-order valence-electron chi connectivity index (χ1n) is 9.40. The topological polar surface area (TPSA) is 93.0 Å². The Morgan fingerprint density at radius 1 is 1.21 bits per heavy atom. The Morgan fingerprint density at radius 3 is 2.69 bits per heavy atom. The molecular weight excluding hydrogens is 408 g/mol. The normalized spacial score (nSPS) is 11.0. The van der Waals surface area contributed by atoms with E-state index in [0.29, 0.717) is 24.8 Å². The Morgan fingerprint density at radius 2 is 2.00 bits per heavy atom. The zero-order valence-electron chi connectivity index (χ0n) is 16.4. The summed E-state index contributed by atoms with van der Waals surface area (Å²) in [5, 5.41) is 19.0. The van der Waals surface area contributed by atoms with Gasteiger partial charge in [-0.3, -0.25) is 9.59 Å². The van der Waals surface area contributed by atoms with Crippen LogP contribution in [0.2, 0.25) is 0 Å². The summed E-state index contributed by atoms with van der Waals surface area (Å²) in [7, 11) is 0. The molecule has 10 heteroatoms. The minimum absolute atomic E-state index is 0.00130. The zero-order chi connectivity index (χ0) is 20.6. The second-order valence-electron chi connectivity index (χ2n) is 6.98. The van der Waals surface area contributed by atoms with Crippen molar-refractivity contribution in [3.8, 4) is 10.7 Å². The van der Waals surface area contributed by atoms with Gasteiger partial charge in [-0.2, -0.15) is 4.80 Å². The molecular formula is C19H24N6O2S2.